The zero-order valence-corrected chi connectivity index (χ0v) is 22.6. The summed E-state index contributed by atoms with van der Waals surface area (Å²) in [6.07, 6.45) is -4.71. The molecule has 1 saturated heterocycles. The molecule has 2 aliphatic heterocycles. The SMILES string of the molecule is [C-]#[N+]c1ccc2c(c1)C(CC(=O)OC)N(c1cccc(C(F)(F)F)c1)C(N1CCN(c3cccc(OC)c3)CC1)=N2. The van der Waals surface area contributed by atoms with E-state index >= 15 is 0 Å². The average Bonchev–Trinajstić information content (AvgIpc) is 3.00. The van der Waals surface area contributed by atoms with Crippen molar-refractivity contribution in [2.45, 2.75) is 18.6 Å². The van der Waals surface area contributed by atoms with Gasteiger partial charge in [-0.15, -0.1) is 0 Å². The number of halogens is 3. The van der Waals surface area contributed by atoms with Crippen molar-refractivity contribution < 1.29 is 27.4 Å². The lowest BCUT2D eigenvalue weighted by Crippen LogP contribution is -2.55. The van der Waals surface area contributed by atoms with Crippen LogP contribution < -0.4 is 14.5 Å². The van der Waals surface area contributed by atoms with Gasteiger partial charge in [0, 0.05) is 43.6 Å². The molecule has 0 bridgehead atoms. The molecule has 1 unspecified atom stereocenters. The van der Waals surface area contributed by atoms with Gasteiger partial charge in [0.15, 0.2) is 5.69 Å². The zero-order valence-electron chi connectivity index (χ0n) is 22.6. The van der Waals surface area contributed by atoms with Crippen LogP contribution in [0.2, 0.25) is 0 Å². The molecular weight excluding hydrogens is 535 g/mol. The highest BCUT2D eigenvalue weighted by molar-refractivity contribution is 6.01. The highest BCUT2D eigenvalue weighted by Gasteiger charge is 2.38. The summed E-state index contributed by atoms with van der Waals surface area (Å²) in [6.45, 7) is 9.80. The molecule has 0 N–H and O–H groups in total. The number of carbonyl (C=O) groups is 1. The Bertz CT molecular complexity index is 1510. The number of piperazine rings is 1. The summed E-state index contributed by atoms with van der Waals surface area (Å²) >= 11 is 0. The van der Waals surface area contributed by atoms with E-state index in [0.29, 0.717) is 49.1 Å². The van der Waals surface area contributed by atoms with E-state index in [0.717, 1.165) is 23.6 Å². The van der Waals surface area contributed by atoms with Gasteiger partial charge in [-0.05, 0) is 48.0 Å². The van der Waals surface area contributed by atoms with Gasteiger partial charge in [-0.3, -0.25) is 4.79 Å². The number of nitrogens with zero attached hydrogens (tertiary/aromatic N) is 5. The lowest BCUT2D eigenvalue weighted by molar-refractivity contribution is -0.141. The number of guanidine groups is 1. The van der Waals surface area contributed by atoms with Gasteiger partial charge < -0.3 is 24.2 Å². The van der Waals surface area contributed by atoms with E-state index in [2.05, 4.69) is 9.74 Å². The largest absolute Gasteiger partial charge is 0.497 e. The van der Waals surface area contributed by atoms with Crippen LogP contribution in [0.25, 0.3) is 4.85 Å². The molecule has 0 aliphatic carbocycles. The van der Waals surface area contributed by atoms with Crippen molar-refractivity contribution in [1.82, 2.24) is 4.90 Å². The second-order valence-electron chi connectivity index (χ2n) is 9.66. The predicted molar refractivity (Wildman–Crippen MR) is 150 cm³/mol. The Hall–Kier alpha value is -4.72. The summed E-state index contributed by atoms with van der Waals surface area (Å²) in [4.78, 5) is 26.9. The van der Waals surface area contributed by atoms with Crippen molar-refractivity contribution in [2.75, 3.05) is 50.2 Å². The fourth-order valence-corrected chi connectivity index (χ4v) is 5.19. The van der Waals surface area contributed by atoms with Crippen molar-refractivity contribution in [3.8, 4) is 5.75 Å². The minimum atomic E-state index is -4.56. The molecule has 41 heavy (non-hydrogen) atoms. The number of fused-ring (bicyclic) bond motifs is 1. The highest BCUT2D eigenvalue weighted by atomic mass is 19.4. The van der Waals surface area contributed by atoms with Crippen LogP contribution in [0.4, 0.5) is 35.9 Å². The number of anilines is 2. The fraction of sp³-hybridized carbons (Fsp3) is 0.300. The second kappa shape index (κ2) is 11.4. The molecule has 2 heterocycles. The number of aliphatic imine (C=N–C) groups is 1. The van der Waals surface area contributed by atoms with Crippen LogP contribution >= 0.6 is 0 Å². The summed E-state index contributed by atoms with van der Waals surface area (Å²) < 4.78 is 51.6. The van der Waals surface area contributed by atoms with E-state index in [1.54, 1.807) is 36.3 Å². The van der Waals surface area contributed by atoms with E-state index in [1.807, 2.05) is 29.2 Å². The summed E-state index contributed by atoms with van der Waals surface area (Å²) in [5.74, 6) is 0.653. The van der Waals surface area contributed by atoms with Gasteiger partial charge >= 0.3 is 12.1 Å². The third kappa shape index (κ3) is 5.77. The number of hydrogen-bond donors (Lipinski definition) is 0. The fourth-order valence-electron chi connectivity index (χ4n) is 5.19. The molecular formula is C30H28F3N5O3. The van der Waals surface area contributed by atoms with Crippen LogP contribution in [0.5, 0.6) is 5.75 Å². The van der Waals surface area contributed by atoms with Crippen molar-refractivity contribution >= 4 is 34.7 Å². The van der Waals surface area contributed by atoms with Crippen LogP contribution in [-0.2, 0) is 15.7 Å². The van der Waals surface area contributed by atoms with E-state index in [-0.39, 0.29) is 12.1 Å². The highest BCUT2D eigenvalue weighted by Crippen LogP contribution is 2.43. The summed E-state index contributed by atoms with van der Waals surface area (Å²) in [5.41, 5.74) is 1.90. The topological polar surface area (TPSA) is 62.0 Å². The maximum atomic E-state index is 13.8. The number of esters is 1. The molecule has 8 nitrogen and oxygen atoms in total. The molecule has 0 radical (unpaired) electrons. The lowest BCUT2D eigenvalue weighted by Gasteiger charge is -2.45. The first-order valence-corrected chi connectivity index (χ1v) is 13.0. The number of carbonyl (C=O) groups excluding carboxylic acids is 1. The quantitative estimate of drug-likeness (QED) is 0.272. The van der Waals surface area contributed by atoms with Crippen LogP contribution in [0.15, 0.2) is 71.7 Å². The zero-order chi connectivity index (χ0) is 29.1. The Morgan fingerprint density at radius 2 is 1.68 bits per heavy atom. The number of ether oxygens (including phenoxy) is 2. The van der Waals surface area contributed by atoms with Gasteiger partial charge in [0.2, 0.25) is 5.96 Å². The van der Waals surface area contributed by atoms with Gasteiger partial charge in [0.05, 0.1) is 44.5 Å². The van der Waals surface area contributed by atoms with Gasteiger partial charge in [-0.1, -0.05) is 18.2 Å². The van der Waals surface area contributed by atoms with Gasteiger partial charge in [-0.25, -0.2) is 9.84 Å². The second-order valence-corrected chi connectivity index (χ2v) is 9.66. The smallest absolute Gasteiger partial charge is 0.416 e. The molecule has 0 amide bonds. The van der Waals surface area contributed by atoms with Crippen molar-refractivity contribution in [3.05, 3.63) is 89.3 Å². The van der Waals surface area contributed by atoms with E-state index in [9.17, 15) is 18.0 Å². The minimum Gasteiger partial charge on any atom is -0.497 e. The number of hydrogen-bond acceptors (Lipinski definition) is 7. The monoisotopic (exact) mass is 563 g/mol. The normalized spacial score (nSPS) is 16.9. The number of benzene rings is 3. The maximum Gasteiger partial charge on any atom is 0.416 e. The Kier molecular flexibility index (Phi) is 7.75. The Balaban J connectivity index is 1.57. The third-order valence-corrected chi connectivity index (χ3v) is 7.27. The first-order chi connectivity index (χ1) is 19.7. The molecule has 3 aromatic rings. The van der Waals surface area contributed by atoms with Gasteiger partial charge in [0.25, 0.3) is 0 Å². The molecule has 0 aromatic heterocycles. The van der Waals surface area contributed by atoms with E-state index in [1.165, 1.54) is 13.2 Å². The number of methoxy groups -OCH3 is 2. The Labute approximate surface area is 236 Å². The molecule has 5 rings (SSSR count). The molecule has 11 heteroatoms. The summed E-state index contributed by atoms with van der Waals surface area (Å²) in [7, 11) is 2.88. The first-order valence-electron chi connectivity index (χ1n) is 13.0. The summed E-state index contributed by atoms with van der Waals surface area (Å²) in [6, 6.07) is 17.0. The molecule has 212 valence electrons. The van der Waals surface area contributed by atoms with Crippen LogP contribution in [0.3, 0.4) is 0 Å². The van der Waals surface area contributed by atoms with Crippen LogP contribution in [0.1, 0.15) is 23.6 Å². The van der Waals surface area contributed by atoms with Crippen LogP contribution in [0, 0.1) is 6.57 Å². The molecule has 1 fully saturated rings. The molecule has 1 atom stereocenters. The first kappa shape index (κ1) is 27.8. The maximum absolute atomic E-state index is 13.8. The predicted octanol–water partition coefficient (Wildman–Crippen LogP) is 6.20. The average molecular weight is 564 g/mol. The number of rotatable bonds is 5. The van der Waals surface area contributed by atoms with Gasteiger partial charge in [-0.2, -0.15) is 13.2 Å². The van der Waals surface area contributed by atoms with E-state index in [4.69, 9.17) is 21.0 Å². The molecule has 0 saturated carbocycles. The molecule has 2 aliphatic rings. The Morgan fingerprint density at radius 3 is 2.37 bits per heavy atom. The number of alkyl halides is 3. The molecule has 0 spiro atoms. The van der Waals surface area contributed by atoms with Crippen molar-refractivity contribution in [3.63, 3.8) is 0 Å². The minimum absolute atomic E-state index is 0.149. The van der Waals surface area contributed by atoms with Crippen molar-refractivity contribution in [1.29, 1.82) is 0 Å². The van der Waals surface area contributed by atoms with Crippen molar-refractivity contribution in [2.24, 2.45) is 4.99 Å². The lowest BCUT2D eigenvalue weighted by atomic mass is 9.96. The van der Waals surface area contributed by atoms with E-state index < -0.39 is 23.8 Å². The third-order valence-electron chi connectivity index (χ3n) is 7.27. The van der Waals surface area contributed by atoms with Gasteiger partial charge in [0.1, 0.15) is 5.75 Å². The Morgan fingerprint density at radius 1 is 0.976 bits per heavy atom. The standard InChI is InChI=1S/C30H28F3N5O3/c1-34-21-10-11-26-25(17-21)27(19-28(39)41-3)38(23-8-4-6-20(16-23)30(31,32)33)29(35-26)37-14-12-36(13-15-37)22-7-5-9-24(18-22)40-2/h4-11,16-18,27H,12-15,19H2,2-3H3. The summed E-state index contributed by atoms with van der Waals surface area (Å²) in [5, 5.41) is 0. The van der Waals surface area contributed by atoms with Crippen LogP contribution in [-0.4, -0.2) is 57.2 Å². The molecule has 3 aromatic carbocycles.